The number of amides is 1. The number of thiazole rings is 1. The monoisotopic (exact) mass is 422 g/mol. The van der Waals surface area contributed by atoms with Crippen LogP contribution in [0.15, 0.2) is 70.5 Å². The van der Waals surface area contributed by atoms with Crippen LogP contribution in [-0.2, 0) is 9.53 Å². The molecule has 7 heteroatoms. The van der Waals surface area contributed by atoms with E-state index < -0.39 is 0 Å². The summed E-state index contributed by atoms with van der Waals surface area (Å²) < 4.78 is 5.41. The highest BCUT2D eigenvalue weighted by Gasteiger charge is 2.16. The van der Waals surface area contributed by atoms with Crippen molar-refractivity contribution >= 4 is 29.0 Å². The Morgan fingerprint density at radius 1 is 1.33 bits per heavy atom. The first-order valence-corrected chi connectivity index (χ1v) is 11.1. The Bertz CT molecular complexity index is 919. The van der Waals surface area contributed by atoms with Crippen molar-refractivity contribution in [3.05, 3.63) is 70.4 Å². The van der Waals surface area contributed by atoms with Crippen LogP contribution in [-0.4, -0.2) is 61.4 Å². The van der Waals surface area contributed by atoms with Gasteiger partial charge in [-0.15, -0.1) is 11.3 Å². The lowest BCUT2D eigenvalue weighted by Gasteiger charge is -2.30. The number of carbonyl (C=O) groups is 1. The first-order chi connectivity index (χ1) is 14.8. The molecule has 3 heterocycles. The predicted octanol–water partition coefficient (Wildman–Crippen LogP) is 3.00. The van der Waals surface area contributed by atoms with E-state index in [1.54, 1.807) is 22.9 Å². The highest BCUT2D eigenvalue weighted by Crippen LogP contribution is 2.25. The number of aromatic nitrogens is 1. The topological polar surface area (TPSA) is 66.8 Å². The van der Waals surface area contributed by atoms with Gasteiger partial charge in [-0.25, -0.2) is 0 Å². The second-order valence-electron chi connectivity index (χ2n) is 7.38. The molecule has 1 fully saturated rings. The largest absolute Gasteiger partial charge is 0.379 e. The zero-order valence-corrected chi connectivity index (χ0v) is 17.7. The van der Waals surface area contributed by atoms with Gasteiger partial charge in [0.25, 0.3) is 0 Å². The fraction of sp³-hybridized carbons (Fsp3) is 0.348. The van der Waals surface area contributed by atoms with E-state index in [4.69, 9.17) is 4.74 Å². The van der Waals surface area contributed by atoms with E-state index in [0.717, 1.165) is 61.0 Å². The number of hydrogen-bond acceptors (Lipinski definition) is 6. The second kappa shape index (κ2) is 10.4. The van der Waals surface area contributed by atoms with Gasteiger partial charge in [0, 0.05) is 55.0 Å². The smallest absolute Gasteiger partial charge is 0.248 e. The minimum Gasteiger partial charge on any atom is -0.379 e. The number of rotatable bonds is 6. The highest BCUT2D eigenvalue weighted by atomic mass is 32.1. The predicted molar refractivity (Wildman–Crippen MR) is 121 cm³/mol. The summed E-state index contributed by atoms with van der Waals surface area (Å²) in [7, 11) is 0. The molecule has 1 atom stereocenters. The van der Waals surface area contributed by atoms with Crippen LogP contribution in [0, 0.1) is 5.92 Å². The molecular formula is C23H26N4O2S. The summed E-state index contributed by atoms with van der Waals surface area (Å²) in [6.45, 7) is 5.32. The fourth-order valence-corrected chi connectivity index (χ4v) is 4.28. The van der Waals surface area contributed by atoms with Crippen molar-refractivity contribution in [2.75, 3.05) is 39.4 Å². The van der Waals surface area contributed by atoms with Crippen LogP contribution < -0.4 is 5.32 Å². The molecule has 1 aliphatic carbocycles. The van der Waals surface area contributed by atoms with Crippen molar-refractivity contribution in [2.45, 2.75) is 6.42 Å². The van der Waals surface area contributed by atoms with Gasteiger partial charge in [0.1, 0.15) is 0 Å². The average Bonchev–Trinajstić information content (AvgIpc) is 3.20. The zero-order valence-electron chi connectivity index (χ0n) is 16.9. The number of morpholine rings is 1. The molecule has 4 rings (SSSR count). The summed E-state index contributed by atoms with van der Waals surface area (Å²) in [5, 5.41) is 2.97. The van der Waals surface area contributed by atoms with Gasteiger partial charge in [0.2, 0.25) is 5.91 Å². The molecule has 1 N–H and O–H groups in total. The Morgan fingerprint density at radius 2 is 2.23 bits per heavy atom. The Hall–Kier alpha value is -2.61. The van der Waals surface area contributed by atoms with Gasteiger partial charge in [-0.05, 0) is 24.5 Å². The van der Waals surface area contributed by atoms with E-state index in [0.29, 0.717) is 12.5 Å². The van der Waals surface area contributed by atoms with Gasteiger partial charge < -0.3 is 10.1 Å². The van der Waals surface area contributed by atoms with Crippen LogP contribution >= 0.6 is 11.3 Å². The lowest BCUT2D eigenvalue weighted by Crippen LogP contribution is -2.39. The van der Waals surface area contributed by atoms with Crippen molar-refractivity contribution in [1.29, 1.82) is 0 Å². The van der Waals surface area contributed by atoms with Crippen molar-refractivity contribution in [3.8, 4) is 0 Å². The standard InChI is InChI=1S/C23H26N4O2S/c28-23(8-5-19-14-24-9-1-2-21(19)22-15-25-17-30-22)26-20-6-3-18(4-7-20)16-27-10-12-29-13-11-27/h1-3,5-8,14-15,17-18H,4,9-13,16H2,(H,26,28)/b8-5+. The van der Waals surface area contributed by atoms with Gasteiger partial charge >= 0.3 is 0 Å². The molecule has 1 unspecified atom stereocenters. The lowest BCUT2D eigenvalue weighted by molar-refractivity contribution is -0.115. The van der Waals surface area contributed by atoms with Gasteiger partial charge in [-0.3, -0.25) is 19.7 Å². The average molecular weight is 423 g/mol. The molecule has 0 bridgehead atoms. The molecule has 0 saturated carbocycles. The molecule has 1 aromatic rings. The molecule has 0 radical (unpaired) electrons. The molecule has 3 aliphatic rings. The molecule has 2 aliphatic heterocycles. The van der Waals surface area contributed by atoms with E-state index in [-0.39, 0.29) is 5.91 Å². The molecule has 30 heavy (non-hydrogen) atoms. The number of nitrogens with one attached hydrogen (secondary N) is 1. The van der Waals surface area contributed by atoms with Gasteiger partial charge in [-0.2, -0.15) is 0 Å². The van der Waals surface area contributed by atoms with Crippen molar-refractivity contribution in [2.24, 2.45) is 10.9 Å². The van der Waals surface area contributed by atoms with Crippen LogP contribution in [0.2, 0.25) is 0 Å². The van der Waals surface area contributed by atoms with Crippen LogP contribution in [0.1, 0.15) is 11.3 Å². The molecule has 6 nitrogen and oxygen atoms in total. The van der Waals surface area contributed by atoms with E-state index in [1.165, 1.54) is 0 Å². The molecule has 1 aromatic heterocycles. The van der Waals surface area contributed by atoms with E-state index in [9.17, 15) is 4.79 Å². The van der Waals surface area contributed by atoms with Gasteiger partial charge in [0.15, 0.2) is 0 Å². The Kier molecular flexibility index (Phi) is 7.18. The summed E-state index contributed by atoms with van der Waals surface area (Å²) in [6, 6.07) is 0. The van der Waals surface area contributed by atoms with Crippen molar-refractivity contribution in [3.63, 3.8) is 0 Å². The first-order valence-electron chi connectivity index (χ1n) is 10.2. The third-order valence-electron chi connectivity index (χ3n) is 5.20. The van der Waals surface area contributed by atoms with E-state index in [2.05, 4.69) is 32.3 Å². The minimum absolute atomic E-state index is 0.143. The van der Waals surface area contributed by atoms with E-state index >= 15 is 0 Å². The maximum absolute atomic E-state index is 12.4. The third-order valence-corrected chi connectivity index (χ3v) is 6.01. The molecule has 156 valence electrons. The van der Waals surface area contributed by atoms with Crippen LogP contribution in [0.25, 0.3) is 5.57 Å². The maximum Gasteiger partial charge on any atom is 0.248 e. The number of hydrogen-bond donors (Lipinski definition) is 1. The van der Waals surface area contributed by atoms with Crippen LogP contribution in [0.5, 0.6) is 0 Å². The SMILES string of the molecule is O=C(/C=C/C1=C(c2cncs2)C=CCN=C1)NC1=CCC(CN2CCOCC2)C=C1. The normalized spacial score (nSPS) is 22.4. The lowest BCUT2D eigenvalue weighted by atomic mass is 9.98. The van der Waals surface area contributed by atoms with Crippen LogP contribution in [0.3, 0.4) is 0 Å². The number of allylic oxidation sites excluding steroid dienone is 6. The first kappa shape index (κ1) is 20.7. The Morgan fingerprint density at radius 3 is 3.00 bits per heavy atom. The summed E-state index contributed by atoms with van der Waals surface area (Å²) >= 11 is 1.57. The summed E-state index contributed by atoms with van der Waals surface area (Å²) in [6.07, 6.45) is 18.3. The number of aliphatic imine (C=N–C) groups is 1. The zero-order chi connectivity index (χ0) is 20.6. The maximum atomic E-state index is 12.4. The van der Waals surface area contributed by atoms with Gasteiger partial charge in [0.05, 0.1) is 30.1 Å². The summed E-state index contributed by atoms with van der Waals surface area (Å²) in [5.74, 6) is 0.343. The Labute approximate surface area is 181 Å². The summed E-state index contributed by atoms with van der Waals surface area (Å²) in [5.41, 5.74) is 4.60. The quantitative estimate of drug-likeness (QED) is 0.716. The fourth-order valence-electron chi connectivity index (χ4n) is 3.61. The number of nitrogens with zero attached hydrogens (tertiary/aromatic N) is 3. The number of carbonyl (C=O) groups excluding carboxylic acids is 1. The minimum atomic E-state index is -0.143. The molecule has 1 amide bonds. The second-order valence-corrected chi connectivity index (χ2v) is 8.27. The summed E-state index contributed by atoms with van der Waals surface area (Å²) in [4.78, 5) is 24.5. The Balaban J connectivity index is 1.33. The molecule has 1 saturated heterocycles. The highest BCUT2D eigenvalue weighted by molar-refractivity contribution is 7.10. The number of ether oxygens (including phenoxy) is 1. The van der Waals surface area contributed by atoms with Crippen molar-refractivity contribution in [1.82, 2.24) is 15.2 Å². The van der Waals surface area contributed by atoms with E-state index in [1.807, 2.05) is 36.7 Å². The molecule has 0 aromatic carbocycles. The van der Waals surface area contributed by atoms with Gasteiger partial charge in [-0.1, -0.05) is 24.3 Å². The molecular weight excluding hydrogens is 396 g/mol. The van der Waals surface area contributed by atoms with Crippen LogP contribution in [0.4, 0.5) is 0 Å². The van der Waals surface area contributed by atoms with Crippen molar-refractivity contribution < 1.29 is 9.53 Å². The molecule has 0 spiro atoms. The third kappa shape index (κ3) is 5.72.